The Balaban J connectivity index is 1.69. The Kier molecular flexibility index (Phi) is 7.27. The number of amides is 1. The van der Waals surface area contributed by atoms with Crippen LogP contribution in [0.2, 0.25) is 0 Å². The third-order valence-corrected chi connectivity index (χ3v) is 5.83. The van der Waals surface area contributed by atoms with E-state index in [0.717, 1.165) is 47.5 Å². The predicted octanol–water partition coefficient (Wildman–Crippen LogP) is 6.44. The number of carbonyl (C=O) groups excluding carboxylic acids is 1. The minimum absolute atomic E-state index is 0.177. The number of nitrogens with zero attached hydrogens (tertiary/aromatic N) is 1. The number of benzene rings is 1. The Hall–Kier alpha value is -1.82. The van der Waals surface area contributed by atoms with E-state index in [-0.39, 0.29) is 12.1 Å². The largest absolute Gasteiger partial charge is 0.444 e. The fourth-order valence-corrected chi connectivity index (χ4v) is 4.39. The maximum absolute atomic E-state index is 12.1. The van der Waals surface area contributed by atoms with Gasteiger partial charge in [-0.15, -0.1) is 0 Å². The number of hydrogen-bond acceptors (Lipinski definition) is 4. The molecule has 0 saturated heterocycles. The normalized spacial score (nSPS) is 19.7. The lowest BCUT2D eigenvalue weighted by molar-refractivity contribution is 0.0492. The zero-order chi connectivity index (χ0) is 21.9. The fraction of sp³-hybridized carbons (Fsp3) is 0.583. The SMILES string of the molecule is CC(C)Cc1cnc2ccc(Br)cc2c1NC1CCC(NC(=O)OC(C)(C)C)CC1. The van der Waals surface area contributed by atoms with Gasteiger partial charge in [0.2, 0.25) is 0 Å². The molecule has 1 fully saturated rings. The fourth-order valence-electron chi connectivity index (χ4n) is 4.03. The summed E-state index contributed by atoms with van der Waals surface area (Å²) in [6, 6.07) is 6.82. The van der Waals surface area contributed by atoms with Gasteiger partial charge in [-0.1, -0.05) is 29.8 Å². The van der Waals surface area contributed by atoms with Crippen LogP contribution in [0.1, 0.15) is 65.9 Å². The molecule has 2 N–H and O–H groups in total. The van der Waals surface area contributed by atoms with Crippen molar-refractivity contribution in [3.05, 3.63) is 34.4 Å². The van der Waals surface area contributed by atoms with Crippen molar-refractivity contribution in [2.75, 3.05) is 5.32 Å². The highest BCUT2D eigenvalue weighted by molar-refractivity contribution is 9.10. The first-order valence-electron chi connectivity index (χ1n) is 10.9. The molecule has 1 aliphatic carbocycles. The molecule has 1 saturated carbocycles. The Bertz CT molecular complexity index is 884. The van der Waals surface area contributed by atoms with E-state index in [9.17, 15) is 4.79 Å². The molecule has 1 aromatic heterocycles. The van der Waals surface area contributed by atoms with Gasteiger partial charge in [-0.25, -0.2) is 4.79 Å². The van der Waals surface area contributed by atoms with E-state index in [1.165, 1.54) is 11.3 Å². The van der Waals surface area contributed by atoms with Crippen LogP contribution in [0.15, 0.2) is 28.9 Å². The van der Waals surface area contributed by atoms with Crippen LogP contribution in [0.4, 0.5) is 10.5 Å². The summed E-state index contributed by atoms with van der Waals surface area (Å²) < 4.78 is 6.46. The first-order chi connectivity index (χ1) is 14.1. The van der Waals surface area contributed by atoms with Crippen molar-refractivity contribution < 1.29 is 9.53 Å². The van der Waals surface area contributed by atoms with Crippen molar-refractivity contribution in [2.45, 2.75) is 84.4 Å². The van der Waals surface area contributed by atoms with Crippen LogP contribution >= 0.6 is 15.9 Å². The van der Waals surface area contributed by atoms with Gasteiger partial charge in [-0.3, -0.25) is 4.98 Å². The molecule has 0 atom stereocenters. The number of ether oxygens (including phenoxy) is 1. The van der Waals surface area contributed by atoms with Gasteiger partial charge in [0.25, 0.3) is 0 Å². The number of alkyl carbamates (subject to hydrolysis) is 1. The molecule has 3 rings (SSSR count). The lowest BCUT2D eigenvalue weighted by Crippen LogP contribution is -2.42. The molecule has 0 spiro atoms. The molecule has 5 nitrogen and oxygen atoms in total. The van der Waals surface area contributed by atoms with E-state index >= 15 is 0 Å². The standard InChI is InChI=1S/C24H34BrN3O2/c1-15(2)12-16-14-26-21-11-6-17(25)13-20(21)22(16)27-18-7-9-19(10-8-18)28-23(29)30-24(3,4)5/h6,11,13-15,18-19H,7-10,12H2,1-5H3,(H,26,27)(H,28,29). The summed E-state index contributed by atoms with van der Waals surface area (Å²) in [6.07, 6.45) is 6.62. The maximum Gasteiger partial charge on any atom is 0.407 e. The molecule has 0 radical (unpaired) electrons. The van der Waals surface area contributed by atoms with Crippen molar-refractivity contribution in [1.82, 2.24) is 10.3 Å². The second-order valence-electron chi connectivity index (χ2n) is 9.76. The first-order valence-corrected chi connectivity index (χ1v) is 11.7. The van der Waals surface area contributed by atoms with Gasteiger partial charge < -0.3 is 15.4 Å². The van der Waals surface area contributed by atoms with Crippen molar-refractivity contribution in [1.29, 1.82) is 0 Å². The molecule has 164 valence electrons. The number of hydrogen-bond donors (Lipinski definition) is 2. The number of fused-ring (bicyclic) bond motifs is 1. The highest BCUT2D eigenvalue weighted by atomic mass is 79.9. The summed E-state index contributed by atoms with van der Waals surface area (Å²) in [5, 5.41) is 8.03. The van der Waals surface area contributed by atoms with Crippen LogP contribution in [0, 0.1) is 5.92 Å². The summed E-state index contributed by atoms with van der Waals surface area (Å²) in [6.45, 7) is 10.1. The smallest absolute Gasteiger partial charge is 0.407 e. The van der Waals surface area contributed by atoms with E-state index in [2.05, 4.69) is 57.5 Å². The van der Waals surface area contributed by atoms with Gasteiger partial charge >= 0.3 is 6.09 Å². The van der Waals surface area contributed by atoms with E-state index in [4.69, 9.17) is 4.74 Å². The van der Waals surface area contributed by atoms with Crippen molar-refractivity contribution in [3.8, 4) is 0 Å². The Labute approximate surface area is 188 Å². The average Bonchev–Trinajstić information content (AvgIpc) is 2.63. The summed E-state index contributed by atoms with van der Waals surface area (Å²) >= 11 is 3.61. The first kappa shape index (κ1) is 22.9. The van der Waals surface area contributed by atoms with Gasteiger partial charge in [-0.2, -0.15) is 0 Å². The Morgan fingerprint density at radius 3 is 2.50 bits per heavy atom. The van der Waals surface area contributed by atoms with Crippen molar-refractivity contribution in [2.24, 2.45) is 5.92 Å². The summed E-state index contributed by atoms with van der Waals surface area (Å²) in [7, 11) is 0. The Morgan fingerprint density at radius 1 is 1.20 bits per heavy atom. The average molecular weight is 476 g/mol. The van der Waals surface area contributed by atoms with Crippen LogP contribution in [-0.2, 0) is 11.2 Å². The zero-order valence-corrected chi connectivity index (χ0v) is 20.3. The molecule has 30 heavy (non-hydrogen) atoms. The quantitative estimate of drug-likeness (QED) is 0.521. The van der Waals surface area contributed by atoms with Crippen LogP contribution in [0.25, 0.3) is 10.9 Å². The van der Waals surface area contributed by atoms with Crippen LogP contribution in [0.3, 0.4) is 0 Å². The molecule has 1 heterocycles. The van der Waals surface area contributed by atoms with E-state index in [1.54, 1.807) is 0 Å². The molecular weight excluding hydrogens is 442 g/mol. The van der Waals surface area contributed by atoms with Gasteiger partial charge in [0, 0.05) is 33.8 Å². The van der Waals surface area contributed by atoms with E-state index in [0.29, 0.717) is 12.0 Å². The monoisotopic (exact) mass is 475 g/mol. The van der Waals surface area contributed by atoms with Crippen LogP contribution in [0.5, 0.6) is 0 Å². The minimum Gasteiger partial charge on any atom is -0.444 e. The van der Waals surface area contributed by atoms with Gasteiger partial charge in [0.05, 0.1) is 5.52 Å². The number of halogens is 1. The highest BCUT2D eigenvalue weighted by Gasteiger charge is 2.25. The lowest BCUT2D eigenvalue weighted by Gasteiger charge is -2.32. The molecule has 1 amide bonds. The molecule has 1 aromatic carbocycles. The van der Waals surface area contributed by atoms with E-state index < -0.39 is 5.60 Å². The number of aromatic nitrogens is 1. The third kappa shape index (κ3) is 6.34. The topological polar surface area (TPSA) is 63.2 Å². The van der Waals surface area contributed by atoms with Crippen LogP contribution in [-0.4, -0.2) is 28.8 Å². The van der Waals surface area contributed by atoms with Crippen molar-refractivity contribution >= 4 is 38.6 Å². The number of carbonyl (C=O) groups is 1. The van der Waals surface area contributed by atoms with Crippen LogP contribution < -0.4 is 10.6 Å². The predicted molar refractivity (Wildman–Crippen MR) is 127 cm³/mol. The maximum atomic E-state index is 12.1. The second kappa shape index (κ2) is 9.54. The highest BCUT2D eigenvalue weighted by Crippen LogP contribution is 2.32. The summed E-state index contributed by atoms with van der Waals surface area (Å²) in [5.41, 5.74) is 3.02. The number of anilines is 1. The molecular formula is C24H34BrN3O2. The number of nitrogens with one attached hydrogen (secondary N) is 2. The zero-order valence-electron chi connectivity index (χ0n) is 18.7. The van der Waals surface area contributed by atoms with Gasteiger partial charge in [0.1, 0.15) is 5.60 Å². The summed E-state index contributed by atoms with van der Waals surface area (Å²) in [5.74, 6) is 0.561. The van der Waals surface area contributed by atoms with E-state index in [1.807, 2.05) is 33.0 Å². The molecule has 0 bridgehead atoms. The minimum atomic E-state index is -0.466. The Morgan fingerprint density at radius 2 is 1.87 bits per heavy atom. The van der Waals surface area contributed by atoms with Crippen molar-refractivity contribution in [3.63, 3.8) is 0 Å². The lowest BCUT2D eigenvalue weighted by atomic mass is 9.90. The second-order valence-corrected chi connectivity index (χ2v) is 10.7. The third-order valence-electron chi connectivity index (χ3n) is 5.33. The molecule has 1 aliphatic rings. The number of pyridine rings is 1. The van der Waals surface area contributed by atoms with Gasteiger partial charge in [0.15, 0.2) is 0 Å². The van der Waals surface area contributed by atoms with Gasteiger partial charge in [-0.05, 0) is 82.6 Å². The number of rotatable bonds is 5. The summed E-state index contributed by atoms with van der Waals surface area (Å²) in [4.78, 5) is 16.7. The molecule has 2 aromatic rings. The molecule has 0 unspecified atom stereocenters. The molecule has 0 aliphatic heterocycles. The molecule has 6 heteroatoms.